The van der Waals surface area contributed by atoms with Crippen LogP contribution in [-0.2, 0) is 21.4 Å². The number of anilines is 1. The predicted molar refractivity (Wildman–Crippen MR) is 106 cm³/mol. The van der Waals surface area contributed by atoms with Crippen molar-refractivity contribution in [2.75, 3.05) is 38.4 Å². The van der Waals surface area contributed by atoms with Gasteiger partial charge in [-0.25, -0.2) is 17.2 Å². The van der Waals surface area contributed by atoms with Crippen LogP contribution in [0.25, 0.3) is 0 Å². The summed E-state index contributed by atoms with van der Waals surface area (Å²) in [6.45, 7) is -0.719. The summed E-state index contributed by atoms with van der Waals surface area (Å²) in [5.41, 5.74) is 0.111. The van der Waals surface area contributed by atoms with Crippen molar-refractivity contribution in [2.45, 2.75) is 6.54 Å². The van der Waals surface area contributed by atoms with Crippen LogP contribution in [0.3, 0.4) is 0 Å². The third kappa shape index (κ3) is 5.29. The van der Waals surface area contributed by atoms with Gasteiger partial charge in [0.15, 0.2) is 11.5 Å². The summed E-state index contributed by atoms with van der Waals surface area (Å²) in [5.74, 6) is -1.58. The van der Waals surface area contributed by atoms with E-state index in [0.29, 0.717) is 33.2 Å². The first-order valence-electron chi connectivity index (χ1n) is 8.59. The maximum Gasteiger partial charge on any atom is 0.241 e. The third-order valence-corrected chi connectivity index (χ3v) is 5.25. The standard InChI is InChI=1S/C19H22F2N2O6S/c1-27-16-8-5-12(18(28-2)19(16)29-3)10-22-17(24)11-23(30(4,25)26)15-7-6-13(20)9-14(15)21/h5-9H,10-11H2,1-4H3,(H,22,24). The second-order valence-corrected chi connectivity index (χ2v) is 8.04. The van der Waals surface area contributed by atoms with Crippen molar-refractivity contribution in [1.29, 1.82) is 0 Å². The summed E-state index contributed by atoms with van der Waals surface area (Å²) in [6, 6.07) is 5.67. The van der Waals surface area contributed by atoms with Crippen molar-refractivity contribution in [3.05, 3.63) is 47.5 Å². The highest BCUT2D eigenvalue weighted by atomic mass is 32.2. The number of hydrogen-bond donors (Lipinski definition) is 1. The topological polar surface area (TPSA) is 94.2 Å². The summed E-state index contributed by atoms with van der Waals surface area (Å²) in [5, 5.41) is 2.55. The molecule has 2 aromatic rings. The highest BCUT2D eigenvalue weighted by Gasteiger charge is 2.24. The van der Waals surface area contributed by atoms with Crippen LogP contribution in [0, 0.1) is 11.6 Å². The molecule has 2 rings (SSSR count). The monoisotopic (exact) mass is 444 g/mol. The minimum Gasteiger partial charge on any atom is -0.493 e. The molecule has 8 nitrogen and oxygen atoms in total. The Morgan fingerprint density at radius 2 is 1.70 bits per heavy atom. The number of sulfonamides is 1. The number of carbonyl (C=O) groups is 1. The zero-order valence-electron chi connectivity index (χ0n) is 16.9. The van der Waals surface area contributed by atoms with Crippen LogP contribution in [0.2, 0.25) is 0 Å². The fourth-order valence-electron chi connectivity index (χ4n) is 2.75. The van der Waals surface area contributed by atoms with E-state index < -0.39 is 39.8 Å². The molecular formula is C19H22F2N2O6S. The fraction of sp³-hybridized carbons (Fsp3) is 0.316. The number of benzene rings is 2. The molecule has 0 spiro atoms. The van der Waals surface area contributed by atoms with Gasteiger partial charge in [-0.15, -0.1) is 0 Å². The van der Waals surface area contributed by atoms with Gasteiger partial charge in [0.1, 0.15) is 18.2 Å². The first-order chi connectivity index (χ1) is 14.1. The number of halogens is 2. The average molecular weight is 444 g/mol. The molecule has 0 heterocycles. The van der Waals surface area contributed by atoms with E-state index in [1.165, 1.54) is 21.3 Å². The Bertz CT molecular complexity index is 1030. The smallest absolute Gasteiger partial charge is 0.241 e. The van der Waals surface area contributed by atoms with Gasteiger partial charge in [-0.05, 0) is 24.3 Å². The first kappa shape index (κ1) is 23.2. The Kier molecular flexibility index (Phi) is 7.43. The van der Waals surface area contributed by atoms with Gasteiger partial charge in [-0.1, -0.05) is 0 Å². The lowest BCUT2D eigenvalue weighted by Gasteiger charge is -2.22. The number of nitrogens with one attached hydrogen (secondary N) is 1. The number of methoxy groups -OCH3 is 3. The Morgan fingerprint density at radius 3 is 2.23 bits per heavy atom. The van der Waals surface area contributed by atoms with Crippen LogP contribution in [0.1, 0.15) is 5.56 Å². The highest BCUT2D eigenvalue weighted by Crippen LogP contribution is 2.39. The van der Waals surface area contributed by atoms with Gasteiger partial charge in [0.25, 0.3) is 0 Å². The molecule has 2 aromatic carbocycles. The molecule has 0 radical (unpaired) electrons. The van der Waals surface area contributed by atoms with E-state index in [4.69, 9.17) is 14.2 Å². The lowest BCUT2D eigenvalue weighted by Crippen LogP contribution is -2.40. The minimum atomic E-state index is -4.02. The van der Waals surface area contributed by atoms with Crippen LogP contribution in [0.5, 0.6) is 17.2 Å². The Labute approximate surface area is 173 Å². The van der Waals surface area contributed by atoms with Gasteiger partial charge in [-0.3, -0.25) is 9.10 Å². The molecule has 30 heavy (non-hydrogen) atoms. The van der Waals surface area contributed by atoms with Crippen molar-refractivity contribution in [2.24, 2.45) is 0 Å². The van der Waals surface area contributed by atoms with E-state index in [9.17, 15) is 22.0 Å². The van der Waals surface area contributed by atoms with Crippen molar-refractivity contribution >= 4 is 21.6 Å². The van der Waals surface area contributed by atoms with E-state index in [1.54, 1.807) is 12.1 Å². The van der Waals surface area contributed by atoms with Crippen LogP contribution in [-0.4, -0.2) is 48.5 Å². The van der Waals surface area contributed by atoms with E-state index in [0.717, 1.165) is 18.4 Å². The second kappa shape index (κ2) is 9.61. The number of hydrogen-bond acceptors (Lipinski definition) is 6. The summed E-state index contributed by atoms with van der Waals surface area (Å²) in [4.78, 5) is 12.4. The Hall–Kier alpha value is -3.08. The summed E-state index contributed by atoms with van der Waals surface area (Å²) < 4.78 is 67.7. The van der Waals surface area contributed by atoms with E-state index >= 15 is 0 Å². The van der Waals surface area contributed by atoms with Crippen molar-refractivity contribution in [3.63, 3.8) is 0 Å². The molecule has 0 unspecified atom stereocenters. The highest BCUT2D eigenvalue weighted by molar-refractivity contribution is 7.92. The first-order valence-corrected chi connectivity index (χ1v) is 10.4. The molecule has 0 aliphatic carbocycles. The SMILES string of the molecule is COc1ccc(CNC(=O)CN(c2ccc(F)cc2F)S(C)(=O)=O)c(OC)c1OC. The molecule has 0 aliphatic rings. The molecule has 1 amide bonds. The number of rotatable bonds is 9. The Balaban J connectivity index is 2.21. The summed E-state index contributed by atoms with van der Waals surface area (Å²) in [6.07, 6.45) is 0.820. The summed E-state index contributed by atoms with van der Waals surface area (Å²) >= 11 is 0. The second-order valence-electron chi connectivity index (χ2n) is 6.14. The van der Waals surface area contributed by atoms with Gasteiger partial charge < -0.3 is 19.5 Å². The number of ether oxygens (including phenoxy) is 3. The molecule has 0 saturated heterocycles. The molecule has 0 aromatic heterocycles. The largest absolute Gasteiger partial charge is 0.493 e. The van der Waals surface area contributed by atoms with Gasteiger partial charge >= 0.3 is 0 Å². The maximum absolute atomic E-state index is 14.1. The third-order valence-electron chi connectivity index (χ3n) is 4.13. The predicted octanol–water partition coefficient (Wildman–Crippen LogP) is 2.07. The van der Waals surface area contributed by atoms with Gasteiger partial charge in [-0.2, -0.15) is 0 Å². The van der Waals surface area contributed by atoms with E-state index in [-0.39, 0.29) is 6.54 Å². The zero-order chi connectivity index (χ0) is 22.5. The molecular weight excluding hydrogens is 422 g/mol. The zero-order valence-corrected chi connectivity index (χ0v) is 17.7. The molecule has 164 valence electrons. The van der Waals surface area contributed by atoms with E-state index in [1.807, 2.05) is 0 Å². The lowest BCUT2D eigenvalue weighted by molar-refractivity contribution is -0.119. The normalized spacial score (nSPS) is 11.0. The molecule has 0 atom stereocenters. The number of amides is 1. The van der Waals surface area contributed by atoms with Gasteiger partial charge in [0.2, 0.25) is 21.7 Å². The van der Waals surface area contributed by atoms with Crippen LogP contribution in [0.4, 0.5) is 14.5 Å². The van der Waals surface area contributed by atoms with Crippen LogP contribution >= 0.6 is 0 Å². The quantitative estimate of drug-likeness (QED) is 0.637. The average Bonchev–Trinajstić information content (AvgIpc) is 2.69. The van der Waals surface area contributed by atoms with Crippen molar-refractivity contribution < 1.29 is 36.2 Å². The van der Waals surface area contributed by atoms with Gasteiger partial charge in [0, 0.05) is 18.2 Å². The number of nitrogens with zero attached hydrogens (tertiary/aromatic N) is 1. The molecule has 0 aliphatic heterocycles. The fourth-order valence-corrected chi connectivity index (χ4v) is 3.60. The Morgan fingerprint density at radius 1 is 1.03 bits per heavy atom. The lowest BCUT2D eigenvalue weighted by atomic mass is 10.1. The minimum absolute atomic E-state index is 0.0220. The molecule has 11 heteroatoms. The van der Waals surface area contributed by atoms with Crippen molar-refractivity contribution in [1.82, 2.24) is 5.32 Å². The molecule has 0 bridgehead atoms. The van der Waals surface area contributed by atoms with E-state index in [2.05, 4.69) is 5.32 Å². The molecule has 0 saturated carbocycles. The molecule has 1 N–H and O–H groups in total. The van der Waals surface area contributed by atoms with Crippen LogP contribution in [0.15, 0.2) is 30.3 Å². The van der Waals surface area contributed by atoms with Gasteiger partial charge in [0.05, 0.1) is 33.3 Å². The number of carbonyl (C=O) groups excluding carboxylic acids is 1. The molecule has 0 fully saturated rings. The maximum atomic E-state index is 14.1. The summed E-state index contributed by atoms with van der Waals surface area (Å²) in [7, 11) is 0.307. The van der Waals surface area contributed by atoms with Crippen LogP contribution < -0.4 is 23.8 Å². The van der Waals surface area contributed by atoms with Crippen molar-refractivity contribution in [3.8, 4) is 17.2 Å².